The van der Waals surface area contributed by atoms with E-state index in [0.717, 1.165) is 11.5 Å². The fraction of sp³-hybridized carbons (Fsp3) is 0.929. The molecule has 0 aromatic carbocycles. The van der Waals surface area contributed by atoms with Crippen molar-refractivity contribution in [1.82, 2.24) is 5.06 Å². The number of hydrogen-bond donors (Lipinski definition) is 0. The van der Waals surface area contributed by atoms with Gasteiger partial charge in [0.05, 0.1) is 5.92 Å². The first-order valence-electron chi connectivity index (χ1n) is 6.78. The van der Waals surface area contributed by atoms with Crippen LogP contribution < -0.4 is 0 Å². The molecule has 1 heterocycles. The Kier molecular flexibility index (Phi) is 4.44. The molecule has 0 saturated carbocycles. The van der Waals surface area contributed by atoms with Gasteiger partial charge in [-0.3, -0.25) is 4.79 Å². The van der Waals surface area contributed by atoms with Gasteiger partial charge in [-0.25, -0.2) is 0 Å². The molecule has 0 aromatic rings. The molecule has 0 aliphatic carbocycles. The van der Waals surface area contributed by atoms with Crippen molar-refractivity contribution < 1.29 is 9.53 Å². The zero-order chi connectivity index (χ0) is 14.1. The Balaban J connectivity index is 2.72. The fourth-order valence-corrected chi connectivity index (χ4v) is 2.70. The van der Waals surface area contributed by atoms with E-state index in [4.69, 9.17) is 4.74 Å². The Labute approximate surface area is 110 Å². The second-order valence-corrected chi connectivity index (χ2v) is 6.70. The van der Waals surface area contributed by atoms with Crippen LogP contribution in [0.5, 0.6) is 0 Å². The maximum Gasteiger partial charge on any atom is 0.308 e. The standard InChI is InChI=1S/C14H26NO3/c1-7-10(2)12(16)18-11-8-13(3,4)15(17)14(5,6)9-11/h10-11H,7-9H2,1-6H3/q-1. The number of piperidine rings is 1. The minimum Gasteiger partial charge on any atom is -0.784 e. The van der Waals surface area contributed by atoms with Gasteiger partial charge in [0.1, 0.15) is 6.10 Å². The van der Waals surface area contributed by atoms with Crippen LogP contribution in [0.3, 0.4) is 0 Å². The van der Waals surface area contributed by atoms with Crippen molar-refractivity contribution in [2.75, 3.05) is 0 Å². The third-order valence-electron chi connectivity index (χ3n) is 3.85. The molecular formula is C14H26NO3-. The van der Waals surface area contributed by atoms with Crippen molar-refractivity contribution in [3.05, 3.63) is 5.21 Å². The highest BCUT2D eigenvalue weighted by molar-refractivity contribution is 5.72. The molecule has 1 atom stereocenters. The summed E-state index contributed by atoms with van der Waals surface area (Å²) in [7, 11) is 0. The van der Waals surface area contributed by atoms with Crippen LogP contribution in [0.1, 0.15) is 60.8 Å². The van der Waals surface area contributed by atoms with Gasteiger partial charge in [0, 0.05) is 23.9 Å². The van der Waals surface area contributed by atoms with Crippen molar-refractivity contribution in [1.29, 1.82) is 0 Å². The lowest BCUT2D eigenvalue weighted by atomic mass is 9.80. The van der Waals surface area contributed by atoms with Gasteiger partial charge in [-0.2, -0.15) is 0 Å². The largest absolute Gasteiger partial charge is 0.784 e. The smallest absolute Gasteiger partial charge is 0.308 e. The van der Waals surface area contributed by atoms with Gasteiger partial charge in [-0.1, -0.05) is 13.8 Å². The van der Waals surface area contributed by atoms with Crippen molar-refractivity contribution >= 4 is 5.97 Å². The zero-order valence-corrected chi connectivity index (χ0v) is 12.4. The third-order valence-corrected chi connectivity index (χ3v) is 3.85. The topological polar surface area (TPSA) is 52.6 Å². The monoisotopic (exact) mass is 256 g/mol. The Morgan fingerprint density at radius 1 is 1.33 bits per heavy atom. The quantitative estimate of drug-likeness (QED) is 0.728. The molecule has 0 N–H and O–H groups in total. The Bertz CT molecular complexity index is 294. The summed E-state index contributed by atoms with van der Waals surface area (Å²) < 4.78 is 5.56. The SMILES string of the molecule is CCC(C)C(=O)OC1CC(C)(C)N([O-])C(C)(C)C1. The summed E-state index contributed by atoms with van der Waals surface area (Å²) in [4.78, 5) is 11.8. The molecule has 1 saturated heterocycles. The molecule has 1 unspecified atom stereocenters. The molecular weight excluding hydrogens is 230 g/mol. The highest BCUT2D eigenvalue weighted by atomic mass is 16.5. The first-order chi connectivity index (χ1) is 8.10. The predicted octanol–water partition coefficient (Wildman–Crippen LogP) is 3.10. The number of ether oxygens (including phenoxy) is 1. The summed E-state index contributed by atoms with van der Waals surface area (Å²) >= 11 is 0. The lowest BCUT2D eigenvalue weighted by Gasteiger charge is -2.59. The van der Waals surface area contributed by atoms with Crippen LogP contribution in [-0.4, -0.2) is 28.2 Å². The molecule has 18 heavy (non-hydrogen) atoms. The van der Waals surface area contributed by atoms with Gasteiger partial charge in [-0.15, -0.1) is 0 Å². The minimum absolute atomic E-state index is 0.0681. The summed E-state index contributed by atoms with van der Waals surface area (Å²) in [5.74, 6) is -0.213. The number of carbonyl (C=O) groups excluding carboxylic acids is 1. The number of nitrogens with zero attached hydrogens (tertiary/aromatic N) is 1. The zero-order valence-electron chi connectivity index (χ0n) is 12.4. The molecule has 1 rings (SSSR count). The van der Waals surface area contributed by atoms with Crippen molar-refractivity contribution in [2.24, 2.45) is 5.92 Å². The van der Waals surface area contributed by atoms with Gasteiger partial charge in [-0.05, 0) is 34.1 Å². The van der Waals surface area contributed by atoms with Gasteiger partial charge in [0.2, 0.25) is 0 Å². The van der Waals surface area contributed by atoms with Crippen LogP contribution in [0.4, 0.5) is 0 Å². The molecule has 4 nitrogen and oxygen atoms in total. The summed E-state index contributed by atoms with van der Waals surface area (Å²) in [6.45, 7) is 11.5. The lowest BCUT2D eigenvalue weighted by molar-refractivity contribution is -0.162. The lowest BCUT2D eigenvalue weighted by Crippen LogP contribution is -2.59. The van der Waals surface area contributed by atoms with Crippen LogP contribution in [0.25, 0.3) is 0 Å². The maximum absolute atomic E-state index is 12.2. The van der Waals surface area contributed by atoms with Gasteiger partial charge >= 0.3 is 5.97 Å². The minimum atomic E-state index is -0.484. The molecule has 0 aromatic heterocycles. The van der Waals surface area contributed by atoms with E-state index in [1.54, 1.807) is 0 Å². The average molecular weight is 256 g/mol. The van der Waals surface area contributed by atoms with Gasteiger partial charge in [0.15, 0.2) is 0 Å². The van der Waals surface area contributed by atoms with Crippen LogP contribution >= 0.6 is 0 Å². The molecule has 1 aliphatic rings. The van der Waals surface area contributed by atoms with Crippen LogP contribution in [0.2, 0.25) is 0 Å². The molecule has 106 valence electrons. The molecule has 1 aliphatic heterocycles. The van der Waals surface area contributed by atoms with Crippen LogP contribution in [0.15, 0.2) is 0 Å². The third kappa shape index (κ3) is 3.23. The second-order valence-electron chi connectivity index (χ2n) is 6.70. The van der Waals surface area contributed by atoms with E-state index in [1.807, 2.05) is 41.5 Å². The molecule has 0 bridgehead atoms. The van der Waals surface area contributed by atoms with E-state index in [-0.39, 0.29) is 18.0 Å². The maximum atomic E-state index is 12.2. The fourth-order valence-electron chi connectivity index (χ4n) is 2.70. The Morgan fingerprint density at radius 3 is 2.17 bits per heavy atom. The van der Waals surface area contributed by atoms with E-state index >= 15 is 0 Å². The second kappa shape index (κ2) is 5.17. The summed E-state index contributed by atoms with van der Waals surface area (Å²) in [5, 5.41) is 13.3. The molecule has 0 spiro atoms. The highest BCUT2D eigenvalue weighted by Crippen LogP contribution is 2.38. The van der Waals surface area contributed by atoms with E-state index < -0.39 is 11.1 Å². The van der Waals surface area contributed by atoms with Crippen molar-refractivity contribution in [3.8, 4) is 0 Å². The number of hydrogen-bond acceptors (Lipinski definition) is 4. The van der Waals surface area contributed by atoms with Crippen molar-refractivity contribution in [3.63, 3.8) is 0 Å². The van der Waals surface area contributed by atoms with E-state index in [9.17, 15) is 10.0 Å². The summed E-state index contributed by atoms with van der Waals surface area (Å²) in [5.41, 5.74) is -0.968. The molecule has 0 amide bonds. The number of esters is 1. The van der Waals surface area contributed by atoms with Crippen molar-refractivity contribution in [2.45, 2.75) is 78.0 Å². The van der Waals surface area contributed by atoms with Crippen LogP contribution in [0, 0.1) is 11.1 Å². The normalized spacial score (nSPS) is 25.7. The Morgan fingerprint density at radius 2 is 1.78 bits per heavy atom. The molecule has 4 heteroatoms. The number of hydroxylamine groups is 2. The number of carbonyl (C=O) groups is 1. The highest BCUT2D eigenvalue weighted by Gasteiger charge is 2.41. The molecule has 1 fully saturated rings. The average Bonchev–Trinajstić information content (AvgIpc) is 2.23. The van der Waals surface area contributed by atoms with E-state index in [1.165, 1.54) is 0 Å². The first-order valence-corrected chi connectivity index (χ1v) is 6.78. The summed E-state index contributed by atoms with van der Waals surface area (Å²) in [6.07, 6.45) is 1.83. The van der Waals surface area contributed by atoms with Crippen LogP contribution in [-0.2, 0) is 9.53 Å². The Hall–Kier alpha value is -0.610. The predicted molar refractivity (Wildman–Crippen MR) is 71.9 cm³/mol. The number of rotatable bonds is 3. The van der Waals surface area contributed by atoms with Gasteiger partial charge in [0.25, 0.3) is 0 Å². The summed E-state index contributed by atoms with van der Waals surface area (Å²) in [6, 6.07) is 0. The molecule has 0 radical (unpaired) electrons. The first kappa shape index (κ1) is 15.4. The van der Waals surface area contributed by atoms with Gasteiger partial charge < -0.3 is 15.0 Å². The van der Waals surface area contributed by atoms with E-state index in [2.05, 4.69) is 0 Å². The van der Waals surface area contributed by atoms with E-state index in [0.29, 0.717) is 12.8 Å².